The molecule has 162 valence electrons. The average Bonchev–Trinajstić information content (AvgIpc) is 2.97. The number of aryl methyl sites for hydroxylation is 1. The van der Waals surface area contributed by atoms with E-state index in [1.807, 2.05) is 41.9 Å². The smallest absolute Gasteiger partial charge is 0.191 e. The van der Waals surface area contributed by atoms with Gasteiger partial charge in [-0.25, -0.2) is 4.99 Å². The van der Waals surface area contributed by atoms with E-state index in [2.05, 4.69) is 29.6 Å². The van der Waals surface area contributed by atoms with Crippen molar-refractivity contribution >= 4 is 29.9 Å². The fourth-order valence-corrected chi connectivity index (χ4v) is 2.84. The van der Waals surface area contributed by atoms with Crippen molar-refractivity contribution in [2.75, 3.05) is 33.4 Å². The minimum absolute atomic E-state index is 0. The highest BCUT2D eigenvalue weighted by Gasteiger charge is 2.11. The third-order valence-electron chi connectivity index (χ3n) is 4.40. The van der Waals surface area contributed by atoms with Crippen LogP contribution in [0.4, 0.5) is 0 Å². The van der Waals surface area contributed by atoms with E-state index in [0.29, 0.717) is 19.8 Å². The number of nitrogens with one attached hydrogen (secondary N) is 2. The van der Waals surface area contributed by atoms with Gasteiger partial charge in [-0.2, -0.15) is 5.10 Å². The summed E-state index contributed by atoms with van der Waals surface area (Å²) in [6, 6.07) is 9.88. The maximum absolute atomic E-state index is 5.72. The van der Waals surface area contributed by atoms with Gasteiger partial charge in [0.05, 0.1) is 32.0 Å². The van der Waals surface area contributed by atoms with E-state index < -0.39 is 0 Å². The lowest BCUT2D eigenvalue weighted by atomic mass is 10.2. The lowest BCUT2D eigenvalue weighted by Crippen LogP contribution is -2.38. The van der Waals surface area contributed by atoms with Gasteiger partial charge in [0.15, 0.2) is 5.96 Å². The zero-order chi connectivity index (χ0) is 20.2. The molecule has 0 saturated heterocycles. The predicted molar refractivity (Wildman–Crippen MR) is 128 cm³/mol. The van der Waals surface area contributed by atoms with E-state index in [9.17, 15) is 0 Å². The van der Waals surface area contributed by atoms with Crippen LogP contribution in [0.3, 0.4) is 0 Å². The Bertz CT molecular complexity index is 734. The number of aromatic nitrogens is 2. The van der Waals surface area contributed by atoms with E-state index >= 15 is 0 Å². The molecule has 0 fully saturated rings. The van der Waals surface area contributed by atoms with Crippen LogP contribution in [-0.4, -0.2) is 49.2 Å². The number of methoxy groups -OCH3 is 1. The first-order valence-electron chi connectivity index (χ1n) is 9.87. The fraction of sp³-hybridized carbons (Fsp3) is 0.524. The van der Waals surface area contributed by atoms with Crippen molar-refractivity contribution in [3.05, 3.63) is 47.3 Å². The van der Waals surface area contributed by atoms with Crippen LogP contribution in [0, 0.1) is 13.8 Å². The molecule has 0 amide bonds. The van der Waals surface area contributed by atoms with Gasteiger partial charge in [0.2, 0.25) is 0 Å². The second kappa shape index (κ2) is 14.2. The maximum atomic E-state index is 5.72. The number of hydrogen-bond donors (Lipinski definition) is 2. The summed E-state index contributed by atoms with van der Waals surface area (Å²) in [7, 11) is 1.70. The Morgan fingerprint density at radius 1 is 1.14 bits per heavy atom. The molecule has 1 aromatic heterocycles. The summed E-state index contributed by atoms with van der Waals surface area (Å²) in [5, 5.41) is 11.3. The third kappa shape index (κ3) is 8.61. The van der Waals surface area contributed by atoms with E-state index in [-0.39, 0.29) is 24.0 Å². The van der Waals surface area contributed by atoms with Gasteiger partial charge in [0.1, 0.15) is 5.75 Å². The zero-order valence-corrected chi connectivity index (χ0v) is 20.2. The maximum Gasteiger partial charge on any atom is 0.191 e. The normalized spacial score (nSPS) is 11.1. The largest absolute Gasteiger partial charge is 0.494 e. The summed E-state index contributed by atoms with van der Waals surface area (Å²) < 4.78 is 12.9. The van der Waals surface area contributed by atoms with Gasteiger partial charge < -0.3 is 20.1 Å². The summed E-state index contributed by atoms with van der Waals surface area (Å²) in [4.78, 5) is 4.72. The molecule has 1 heterocycles. The molecule has 8 heteroatoms. The Hall–Kier alpha value is -1.81. The second-order valence-electron chi connectivity index (χ2n) is 6.50. The fourth-order valence-electron chi connectivity index (χ4n) is 2.84. The van der Waals surface area contributed by atoms with Crippen molar-refractivity contribution in [1.82, 2.24) is 20.4 Å². The van der Waals surface area contributed by atoms with Gasteiger partial charge in [-0.1, -0.05) is 18.2 Å². The number of halogens is 1. The van der Waals surface area contributed by atoms with Gasteiger partial charge in [0.25, 0.3) is 0 Å². The van der Waals surface area contributed by atoms with Gasteiger partial charge in [-0.15, -0.1) is 24.0 Å². The number of benzene rings is 1. The molecule has 1 aromatic carbocycles. The van der Waals surface area contributed by atoms with Gasteiger partial charge in [-0.05, 0) is 39.3 Å². The third-order valence-corrected chi connectivity index (χ3v) is 4.40. The van der Waals surface area contributed by atoms with E-state index in [0.717, 1.165) is 49.2 Å². The van der Waals surface area contributed by atoms with Crippen LogP contribution in [0.25, 0.3) is 0 Å². The highest BCUT2D eigenvalue weighted by Crippen LogP contribution is 2.14. The number of aliphatic imine (C=N–C) groups is 1. The molecule has 0 unspecified atom stereocenters. The van der Waals surface area contributed by atoms with Crippen molar-refractivity contribution in [3.8, 4) is 5.75 Å². The number of nitrogens with zero attached hydrogens (tertiary/aromatic N) is 3. The zero-order valence-electron chi connectivity index (χ0n) is 17.9. The van der Waals surface area contributed by atoms with E-state index in [1.165, 1.54) is 5.56 Å². The van der Waals surface area contributed by atoms with Crippen LogP contribution in [0.5, 0.6) is 5.75 Å². The lowest BCUT2D eigenvalue weighted by Gasteiger charge is -2.12. The second-order valence-corrected chi connectivity index (χ2v) is 6.50. The van der Waals surface area contributed by atoms with Crippen LogP contribution in [-0.2, 0) is 17.8 Å². The monoisotopic (exact) mass is 515 g/mol. The molecule has 0 aliphatic rings. The highest BCUT2D eigenvalue weighted by molar-refractivity contribution is 14.0. The minimum Gasteiger partial charge on any atom is -0.494 e. The number of guanidine groups is 1. The minimum atomic E-state index is 0. The lowest BCUT2D eigenvalue weighted by molar-refractivity contribution is 0.182. The molecule has 2 aromatic rings. The van der Waals surface area contributed by atoms with Crippen molar-refractivity contribution in [2.24, 2.45) is 4.99 Å². The standard InChI is InChI=1S/C21H33N5O2.HI/c1-5-22-21(23-12-9-14-28-19-10-7-6-8-11-19)24-16-20-17(2)25-26(18(20)3)13-15-27-4;/h6-8,10-11H,5,9,12-16H2,1-4H3,(H2,22,23,24);1H. The number of para-hydroxylation sites is 1. The number of rotatable bonds is 11. The van der Waals surface area contributed by atoms with Crippen molar-refractivity contribution in [3.63, 3.8) is 0 Å². The molecule has 0 atom stereocenters. The van der Waals surface area contributed by atoms with Crippen molar-refractivity contribution in [2.45, 2.75) is 40.3 Å². The van der Waals surface area contributed by atoms with Crippen LogP contribution >= 0.6 is 24.0 Å². The topological polar surface area (TPSA) is 72.7 Å². The molecule has 0 radical (unpaired) electrons. The Balaban J connectivity index is 0.00000420. The molecule has 0 saturated carbocycles. The predicted octanol–water partition coefficient (Wildman–Crippen LogP) is 3.29. The molecule has 0 bridgehead atoms. The summed E-state index contributed by atoms with van der Waals surface area (Å²) in [6.07, 6.45) is 0.895. The highest BCUT2D eigenvalue weighted by atomic mass is 127. The Labute approximate surface area is 191 Å². The molecule has 0 aliphatic carbocycles. The quantitative estimate of drug-likeness (QED) is 0.208. The number of ether oxygens (including phenoxy) is 2. The Kier molecular flexibility index (Phi) is 12.4. The van der Waals surface area contributed by atoms with Gasteiger partial charge >= 0.3 is 0 Å². The Morgan fingerprint density at radius 2 is 1.90 bits per heavy atom. The van der Waals surface area contributed by atoms with Gasteiger partial charge in [-0.3, -0.25) is 4.68 Å². The van der Waals surface area contributed by atoms with Crippen molar-refractivity contribution in [1.29, 1.82) is 0 Å². The van der Waals surface area contributed by atoms with Crippen LogP contribution in [0.2, 0.25) is 0 Å². The summed E-state index contributed by atoms with van der Waals surface area (Å²) in [6.45, 7) is 10.5. The average molecular weight is 515 g/mol. The number of hydrogen-bond acceptors (Lipinski definition) is 4. The first-order chi connectivity index (χ1) is 13.7. The molecular formula is C21H34IN5O2. The molecule has 0 spiro atoms. The summed E-state index contributed by atoms with van der Waals surface area (Å²) in [5.74, 6) is 1.71. The summed E-state index contributed by atoms with van der Waals surface area (Å²) in [5.41, 5.74) is 3.33. The SMILES string of the molecule is CCNC(=NCc1c(C)nn(CCOC)c1C)NCCCOc1ccccc1.I. The first kappa shape index (κ1) is 25.2. The molecule has 7 nitrogen and oxygen atoms in total. The van der Waals surface area contributed by atoms with Crippen molar-refractivity contribution < 1.29 is 9.47 Å². The Morgan fingerprint density at radius 3 is 2.59 bits per heavy atom. The summed E-state index contributed by atoms with van der Waals surface area (Å²) >= 11 is 0. The van der Waals surface area contributed by atoms with E-state index in [1.54, 1.807) is 7.11 Å². The first-order valence-corrected chi connectivity index (χ1v) is 9.87. The molecule has 29 heavy (non-hydrogen) atoms. The van der Waals surface area contributed by atoms with Crippen LogP contribution < -0.4 is 15.4 Å². The molecule has 2 rings (SSSR count). The van der Waals surface area contributed by atoms with Crippen LogP contribution in [0.15, 0.2) is 35.3 Å². The van der Waals surface area contributed by atoms with Gasteiger partial charge in [0, 0.05) is 31.5 Å². The molecular weight excluding hydrogens is 481 g/mol. The van der Waals surface area contributed by atoms with E-state index in [4.69, 9.17) is 14.5 Å². The molecule has 0 aliphatic heterocycles. The molecule has 2 N–H and O–H groups in total. The van der Waals surface area contributed by atoms with Crippen LogP contribution in [0.1, 0.15) is 30.3 Å².